The van der Waals surface area contributed by atoms with Gasteiger partial charge in [-0.05, 0) is 37.4 Å². The molecule has 3 nitrogen and oxygen atoms in total. The first-order valence-electron chi connectivity index (χ1n) is 7.52. The molecule has 0 aliphatic heterocycles. The summed E-state index contributed by atoms with van der Waals surface area (Å²) in [6.07, 6.45) is -0.811. The van der Waals surface area contributed by atoms with Gasteiger partial charge in [0.15, 0.2) is 0 Å². The highest BCUT2D eigenvalue weighted by molar-refractivity contribution is 5.85. The summed E-state index contributed by atoms with van der Waals surface area (Å²) >= 11 is 0. The predicted molar refractivity (Wildman–Crippen MR) is 85.5 cm³/mol. The maximum Gasteiger partial charge on any atom is 0.416 e. The van der Waals surface area contributed by atoms with Crippen LogP contribution in [-0.4, -0.2) is 19.0 Å². The maximum absolute atomic E-state index is 12.8. The first-order valence-corrected chi connectivity index (χ1v) is 7.52. The molecule has 1 saturated carbocycles. The summed E-state index contributed by atoms with van der Waals surface area (Å²) in [5, 5.41) is 2.84. The third-order valence-corrected chi connectivity index (χ3v) is 4.34. The van der Waals surface area contributed by atoms with E-state index in [9.17, 15) is 18.0 Å². The van der Waals surface area contributed by atoms with Gasteiger partial charge >= 0.3 is 6.18 Å². The number of carbonyl (C=O) groups excluding carboxylic acids is 1. The minimum Gasteiger partial charge on any atom is -0.355 e. The van der Waals surface area contributed by atoms with Gasteiger partial charge in [0, 0.05) is 18.4 Å². The summed E-state index contributed by atoms with van der Waals surface area (Å²) in [6, 6.07) is 5.45. The zero-order chi connectivity index (χ0) is 16.2. The molecule has 1 aliphatic rings. The third kappa shape index (κ3) is 4.85. The smallest absolute Gasteiger partial charge is 0.355 e. The van der Waals surface area contributed by atoms with Gasteiger partial charge in [-0.2, -0.15) is 13.2 Å². The van der Waals surface area contributed by atoms with E-state index in [2.05, 4.69) is 5.32 Å². The minimum atomic E-state index is -4.34. The molecule has 1 aromatic carbocycles. The molecule has 2 rings (SSSR count). The number of nitrogens with two attached hydrogens (primary N) is 1. The second-order valence-electron chi connectivity index (χ2n) is 5.88. The molecule has 1 fully saturated rings. The van der Waals surface area contributed by atoms with Crippen molar-refractivity contribution in [3.05, 3.63) is 35.4 Å². The number of carbonyl (C=O) groups is 1. The Labute approximate surface area is 140 Å². The molecular formula is C16H22ClF3N2O. The van der Waals surface area contributed by atoms with Gasteiger partial charge in [0.25, 0.3) is 0 Å². The van der Waals surface area contributed by atoms with Crippen LogP contribution in [0.2, 0.25) is 0 Å². The van der Waals surface area contributed by atoms with E-state index in [0.29, 0.717) is 31.5 Å². The fourth-order valence-electron chi connectivity index (χ4n) is 2.82. The van der Waals surface area contributed by atoms with Gasteiger partial charge in [-0.1, -0.05) is 24.6 Å². The number of halogens is 4. The molecule has 0 radical (unpaired) electrons. The van der Waals surface area contributed by atoms with Gasteiger partial charge in [-0.15, -0.1) is 12.4 Å². The predicted octanol–water partition coefficient (Wildman–Crippen LogP) is 3.40. The van der Waals surface area contributed by atoms with Gasteiger partial charge < -0.3 is 11.1 Å². The number of amides is 1. The van der Waals surface area contributed by atoms with Gasteiger partial charge in [0.2, 0.25) is 5.91 Å². The molecule has 7 heteroatoms. The Morgan fingerprint density at radius 2 is 2.00 bits per heavy atom. The minimum absolute atomic E-state index is 0. The molecule has 0 bridgehead atoms. The van der Waals surface area contributed by atoms with Gasteiger partial charge in [-0.3, -0.25) is 4.79 Å². The molecule has 0 atom stereocenters. The summed E-state index contributed by atoms with van der Waals surface area (Å²) in [5.41, 5.74) is 5.02. The normalized spacial score (nSPS) is 16.2. The topological polar surface area (TPSA) is 55.1 Å². The average Bonchev–Trinajstić information content (AvgIpc) is 2.43. The van der Waals surface area contributed by atoms with Crippen LogP contribution >= 0.6 is 12.4 Å². The highest BCUT2D eigenvalue weighted by Crippen LogP contribution is 2.44. The molecule has 1 aliphatic carbocycles. The second-order valence-corrected chi connectivity index (χ2v) is 5.88. The van der Waals surface area contributed by atoms with E-state index >= 15 is 0 Å². The van der Waals surface area contributed by atoms with Crippen molar-refractivity contribution in [1.29, 1.82) is 0 Å². The number of hydrogen-bond donors (Lipinski definition) is 2. The average molecular weight is 351 g/mol. The van der Waals surface area contributed by atoms with Crippen molar-refractivity contribution in [3.63, 3.8) is 0 Å². The lowest BCUT2D eigenvalue weighted by Gasteiger charge is -2.43. The summed E-state index contributed by atoms with van der Waals surface area (Å²) < 4.78 is 38.5. The highest BCUT2D eigenvalue weighted by Gasteiger charge is 2.40. The number of hydrogen-bond acceptors (Lipinski definition) is 2. The molecule has 23 heavy (non-hydrogen) atoms. The Kier molecular flexibility index (Phi) is 6.89. The molecule has 3 N–H and O–H groups in total. The van der Waals surface area contributed by atoms with Crippen LogP contribution in [0.1, 0.15) is 43.2 Å². The van der Waals surface area contributed by atoms with Crippen LogP contribution in [-0.2, 0) is 16.4 Å². The Hall–Kier alpha value is -1.27. The first-order chi connectivity index (χ1) is 10.4. The summed E-state index contributed by atoms with van der Waals surface area (Å²) in [4.78, 5) is 11.7. The Balaban J connectivity index is 0.00000264. The summed E-state index contributed by atoms with van der Waals surface area (Å²) in [6.45, 7) is 0.837. The standard InChI is InChI=1S/C16H21F3N2O.ClH/c17-16(18,19)13-5-1-4-12(10-13)15(7-3-8-15)11-21-14(22)6-2-9-20;/h1,4-5,10H,2-3,6-9,11,20H2,(H,21,22);1H. The van der Waals surface area contributed by atoms with E-state index < -0.39 is 11.7 Å². The van der Waals surface area contributed by atoms with E-state index in [0.717, 1.165) is 25.3 Å². The van der Waals surface area contributed by atoms with Gasteiger partial charge in [0.1, 0.15) is 0 Å². The summed E-state index contributed by atoms with van der Waals surface area (Å²) in [7, 11) is 0. The van der Waals surface area contributed by atoms with Crippen molar-refractivity contribution in [2.45, 2.75) is 43.7 Å². The van der Waals surface area contributed by atoms with Crippen LogP contribution in [0.5, 0.6) is 0 Å². The van der Waals surface area contributed by atoms with Crippen molar-refractivity contribution in [3.8, 4) is 0 Å². The monoisotopic (exact) mass is 350 g/mol. The van der Waals surface area contributed by atoms with Crippen LogP contribution in [0.3, 0.4) is 0 Å². The van der Waals surface area contributed by atoms with E-state index in [1.807, 2.05) is 0 Å². The third-order valence-electron chi connectivity index (χ3n) is 4.34. The molecule has 130 valence electrons. The molecule has 0 spiro atoms. The van der Waals surface area contributed by atoms with Gasteiger partial charge in [0.05, 0.1) is 5.56 Å². The number of rotatable bonds is 6. The zero-order valence-corrected chi connectivity index (χ0v) is 13.6. The number of nitrogens with one attached hydrogen (secondary N) is 1. The van der Waals surface area contributed by atoms with Crippen LogP contribution in [0.25, 0.3) is 0 Å². The Bertz CT molecular complexity index is 530. The quantitative estimate of drug-likeness (QED) is 0.826. The molecule has 0 unspecified atom stereocenters. The van der Waals surface area contributed by atoms with Crippen molar-refractivity contribution in [1.82, 2.24) is 5.32 Å². The maximum atomic E-state index is 12.8. The lowest BCUT2D eigenvalue weighted by atomic mass is 9.64. The van der Waals surface area contributed by atoms with E-state index in [-0.39, 0.29) is 23.7 Å². The molecule has 0 saturated heterocycles. The van der Waals surface area contributed by atoms with Crippen LogP contribution in [0.15, 0.2) is 24.3 Å². The summed E-state index contributed by atoms with van der Waals surface area (Å²) in [5.74, 6) is -0.0938. The lowest BCUT2D eigenvalue weighted by Crippen LogP contribution is -2.45. The van der Waals surface area contributed by atoms with Crippen molar-refractivity contribution < 1.29 is 18.0 Å². The largest absolute Gasteiger partial charge is 0.416 e. The fraction of sp³-hybridized carbons (Fsp3) is 0.562. The van der Waals surface area contributed by atoms with Crippen LogP contribution in [0.4, 0.5) is 13.2 Å². The fourth-order valence-corrected chi connectivity index (χ4v) is 2.82. The molecule has 1 amide bonds. The van der Waals surface area contributed by atoms with E-state index in [1.165, 1.54) is 12.1 Å². The zero-order valence-electron chi connectivity index (χ0n) is 12.8. The van der Waals surface area contributed by atoms with Crippen molar-refractivity contribution >= 4 is 18.3 Å². The van der Waals surface area contributed by atoms with Crippen molar-refractivity contribution in [2.24, 2.45) is 5.73 Å². The van der Waals surface area contributed by atoms with E-state index in [4.69, 9.17) is 5.73 Å². The molecule has 0 heterocycles. The van der Waals surface area contributed by atoms with Crippen molar-refractivity contribution in [2.75, 3.05) is 13.1 Å². The molecule has 1 aromatic rings. The van der Waals surface area contributed by atoms with Crippen LogP contribution in [0, 0.1) is 0 Å². The second kappa shape index (κ2) is 8.02. The highest BCUT2D eigenvalue weighted by atomic mass is 35.5. The molecule has 0 aromatic heterocycles. The lowest BCUT2D eigenvalue weighted by molar-refractivity contribution is -0.137. The number of benzene rings is 1. The van der Waals surface area contributed by atoms with E-state index in [1.54, 1.807) is 6.07 Å². The Morgan fingerprint density at radius 3 is 2.52 bits per heavy atom. The Morgan fingerprint density at radius 1 is 1.30 bits per heavy atom. The van der Waals surface area contributed by atoms with Gasteiger partial charge in [-0.25, -0.2) is 0 Å². The SMILES string of the molecule is Cl.NCCCC(=O)NCC1(c2cccc(C(F)(F)F)c2)CCC1. The van der Waals surface area contributed by atoms with Crippen LogP contribution < -0.4 is 11.1 Å². The first kappa shape index (κ1) is 19.8. The number of alkyl halides is 3. The molecular weight excluding hydrogens is 329 g/mol.